The first-order valence-corrected chi connectivity index (χ1v) is 5.99. The molecule has 3 N–H and O–H groups in total. The van der Waals surface area contributed by atoms with E-state index in [0.29, 0.717) is 11.3 Å². The van der Waals surface area contributed by atoms with Crippen molar-refractivity contribution in [1.29, 1.82) is 0 Å². The number of benzene rings is 2. The number of phenols is 1. The molecule has 0 fully saturated rings. The highest BCUT2D eigenvalue weighted by molar-refractivity contribution is 6.08. The number of hydrogen-bond donors (Lipinski definition) is 3. The summed E-state index contributed by atoms with van der Waals surface area (Å²) in [6.07, 6.45) is 0. The van der Waals surface area contributed by atoms with Crippen LogP contribution in [0.3, 0.4) is 0 Å². The number of phenolic OH excluding ortho intramolecular Hbond substituents is 1. The van der Waals surface area contributed by atoms with E-state index in [1.54, 1.807) is 32.2 Å². The first-order chi connectivity index (χ1) is 9.11. The molecule has 19 heavy (non-hydrogen) atoms. The summed E-state index contributed by atoms with van der Waals surface area (Å²) in [4.78, 5) is 12.2. The van der Waals surface area contributed by atoms with Gasteiger partial charge in [0, 0.05) is 24.5 Å². The third kappa shape index (κ3) is 2.85. The first-order valence-electron chi connectivity index (χ1n) is 5.99. The molecule has 0 saturated heterocycles. The van der Waals surface area contributed by atoms with Gasteiger partial charge in [-0.25, -0.2) is 0 Å². The van der Waals surface area contributed by atoms with E-state index in [1.807, 2.05) is 18.2 Å². The molecule has 2 aromatic rings. The zero-order chi connectivity index (χ0) is 13.8. The van der Waals surface area contributed by atoms with Crippen LogP contribution in [0.2, 0.25) is 0 Å². The lowest BCUT2D eigenvalue weighted by molar-refractivity contribution is 0.102. The Kier molecular flexibility index (Phi) is 3.71. The Labute approximate surface area is 112 Å². The van der Waals surface area contributed by atoms with Crippen molar-refractivity contribution < 1.29 is 9.90 Å². The smallest absolute Gasteiger partial charge is 0.257 e. The van der Waals surface area contributed by atoms with Crippen molar-refractivity contribution in [3.8, 4) is 5.75 Å². The third-order valence-corrected chi connectivity index (χ3v) is 2.91. The molecule has 0 unspecified atom stereocenters. The van der Waals surface area contributed by atoms with Gasteiger partial charge in [0.1, 0.15) is 5.75 Å². The fourth-order valence-corrected chi connectivity index (χ4v) is 1.78. The molecule has 0 heterocycles. The summed E-state index contributed by atoms with van der Waals surface area (Å²) in [5.74, 6) is -0.0482. The van der Waals surface area contributed by atoms with Gasteiger partial charge in [0.2, 0.25) is 0 Å². The zero-order valence-corrected chi connectivity index (χ0v) is 10.9. The molecule has 4 nitrogen and oxygen atoms in total. The summed E-state index contributed by atoms with van der Waals surface area (Å²) >= 11 is 0. The quantitative estimate of drug-likeness (QED) is 0.791. The number of carbonyl (C=O) groups is 1. The Hall–Kier alpha value is -2.49. The van der Waals surface area contributed by atoms with Crippen molar-refractivity contribution >= 4 is 17.3 Å². The van der Waals surface area contributed by atoms with Gasteiger partial charge in [0.15, 0.2) is 0 Å². The second-order valence-electron chi connectivity index (χ2n) is 4.25. The molecule has 4 heteroatoms. The lowest BCUT2D eigenvalue weighted by Crippen LogP contribution is -2.13. The minimum atomic E-state index is -0.215. The molecule has 0 aliphatic carbocycles. The molecule has 2 aromatic carbocycles. The van der Waals surface area contributed by atoms with E-state index in [2.05, 4.69) is 10.6 Å². The van der Waals surface area contributed by atoms with Crippen LogP contribution in [-0.4, -0.2) is 18.1 Å². The van der Waals surface area contributed by atoms with Crippen LogP contribution >= 0.6 is 0 Å². The van der Waals surface area contributed by atoms with Crippen LogP contribution < -0.4 is 10.6 Å². The molecule has 1 amide bonds. The predicted molar refractivity (Wildman–Crippen MR) is 76.8 cm³/mol. The Morgan fingerprint density at radius 2 is 1.89 bits per heavy atom. The van der Waals surface area contributed by atoms with Gasteiger partial charge in [0.25, 0.3) is 5.91 Å². The molecular formula is C15H16N2O2. The van der Waals surface area contributed by atoms with Crippen molar-refractivity contribution in [1.82, 2.24) is 0 Å². The zero-order valence-electron chi connectivity index (χ0n) is 10.9. The molecule has 0 aromatic heterocycles. The average Bonchev–Trinajstić information content (AvgIpc) is 2.43. The van der Waals surface area contributed by atoms with Crippen molar-refractivity contribution in [3.63, 3.8) is 0 Å². The number of aryl methyl sites for hydroxylation is 1. The van der Waals surface area contributed by atoms with E-state index in [4.69, 9.17) is 0 Å². The third-order valence-electron chi connectivity index (χ3n) is 2.91. The molecule has 0 radical (unpaired) electrons. The van der Waals surface area contributed by atoms with Crippen molar-refractivity contribution in [2.75, 3.05) is 17.7 Å². The average molecular weight is 256 g/mol. The molecule has 0 aliphatic heterocycles. The van der Waals surface area contributed by atoms with Crippen LogP contribution in [0.4, 0.5) is 11.4 Å². The summed E-state index contributed by atoms with van der Waals surface area (Å²) in [5.41, 5.74) is 2.66. The van der Waals surface area contributed by atoms with Gasteiger partial charge >= 0.3 is 0 Å². The Morgan fingerprint density at radius 1 is 1.16 bits per heavy atom. The summed E-state index contributed by atoms with van der Waals surface area (Å²) in [7, 11) is 1.77. The van der Waals surface area contributed by atoms with Gasteiger partial charge in [-0.2, -0.15) is 0 Å². The van der Waals surface area contributed by atoms with Gasteiger partial charge in [-0.05, 0) is 30.7 Å². The van der Waals surface area contributed by atoms with Crippen LogP contribution in [0.5, 0.6) is 5.75 Å². The number of nitrogens with one attached hydrogen (secondary N) is 2. The minimum Gasteiger partial charge on any atom is -0.508 e. The van der Waals surface area contributed by atoms with Gasteiger partial charge in [0.05, 0.1) is 5.56 Å². The molecule has 2 rings (SSSR count). The molecular weight excluding hydrogens is 240 g/mol. The van der Waals surface area contributed by atoms with Crippen molar-refractivity contribution in [3.05, 3.63) is 53.6 Å². The number of carbonyl (C=O) groups excluding carboxylic acids is 1. The molecule has 98 valence electrons. The van der Waals surface area contributed by atoms with Gasteiger partial charge < -0.3 is 15.7 Å². The van der Waals surface area contributed by atoms with Gasteiger partial charge in [-0.3, -0.25) is 4.79 Å². The maximum absolute atomic E-state index is 12.2. The molecule has 0 spiro atoms. The lowest BCUT2D eigenvalue weighted by atomic mass is 10.1. The summed E-state index contributed by atoms with van der Waals surface area (Å²) < 4.78 is 0. The maximum atomic E-state index is 12.2. The number of anilines is 2. The van der Waals surface area contributed by atoms with Crippen LogP contribution in [-0.2, 0) is 0 Å². The standard InChI is InChI=1S/C15H16N2O2/c1-10-7-8-11(9-14(10)18)17-15(19)12-5-3-4-6-13(12)16-2/h3-9,16,18H,1-2H3,(H,17,19). The number of amides is 1. The largest absolute Gasteiger partial charge is 0.508 e. The van der Waals surface area contributed by atoms with Crippen LogP contribution in [0, 0.1) is 6.92 Å². The summed E-state index contributed by atoms with van der Waals surface area (Å²) in [6.45, 7) is 1.80. The van der Waals surface area contributed by atoms with Crippen LogP contribution in [0.1, 0.15) is 15.9 Å². The molecule has 0 aliphatic rings. The highest BCUT2D eigenvalue weighted by atomic mass is 16.3. The predicted octanol–water partition coefficient (Wildman–Crippen LogP) is 2.99. The minimum absolute atomic E-state index is 0.166. The monoisotopic (exact) mass is 256 g/mol. The van der Waals surface area contributed by atoms with Gasteiger partial charge in [-0.15, -0.1) is 0 Å². The van der Waals surface area contributed by atoms with Crippen LogP contribution in [0.25, 0.3) is 0 Å². The molecule has 0 atom stereocenters. The summed E-state index contributed by atoms with van der Waals surface area (Å²) in [6, 6.07) is 12.3. The first kappa shape index (κ1) is 13.0. The lowest BCUT2D eigenvalue weighted by Gasteiger charge is -2.10. The summed E-state index contributed by atoms with van der Waals surface area (Å²) in [5, 5.41) is 15.4. The van der Waals surface area contributed by atoms with Crippen LogP contribution in [0.15, 0.2) is 42.5 Å². The normalized spacial score (nSPS) is 10.0. The molecule has 0 bridgehead atoms. The van der Waals surface area contributed by atoms with E-state index in [-0.39, 0.29) is 11.7 Å². The van der Waals surface area contributed by atoms with E-state index in [1.165, 1.54) is 6.07 Å². The van der Waals surface area contributed by atoms with E-state index >= 15 is 0 Å². The Morgan fingerprint density at radius 3 is 2.58 bits per heavy atom. The fourth-order valence-electron chi connectivity index (χ4n) is 1.78. The Bertz CT molecular complexity index is 609. The molecule has 0 saturated carbocycles. The van der Waals surface area contributed by atoms with E-state index in [0.717, 1.165) is 11.3 Å². The SMILES string of the molecule is CNc1ccccc1C(=O)Nc1ccc(C)c(O)c1. The highest BCUT2D eigenvalue weighted by Crippen LogP contribution is 2.22. The Balaban J connectivity index is 2.23. The number of aromatic hydroxyl groups is 1. The van der Waals surface area contributed by atoms with Crippen molar-refractivity contribution in [2.24, 2.45) is 0 Å². The van der Waals surface area contributed by atoms with E-state index < -0.39 is 0 Å². The number of hydrogen-bond acceptors (Lipinski definition) is 3. The second-order valence-corrected chi connectivity index (χ2v) is 4.25. The fraction of sp³-hybridized carbons (Fsp3) is 0.133. The highest BCUT2D eigenvalue weighted by Gasteiger charge is 2.10. The maximum Gasteiger partial charge on any atom is 0.257 e. The van der Waals surface area contributed by atoms with Gasteiger partial charge in [-0.1, -0.05) is 18.2 Å². The topological polar surface area (TPSA) is 61.4 Å². The van der Waals surface area contributed by atoms with E-state index in [9.17, 15) is 9.90 Å². The number of rotatable bonds is 3. The number of para-hydroxylation sites is 1. The second kappa shape index (κ2) is 5.44. The van der Waals surface area contributed by atoms with Crippen molar-refractivity contribution in [2.45, 2.75) is 6.92 Å².